The smallest absolute Gasteiger partial charge is 0.356 e. The van der Waals surface area contributed by atoms with E-state index in [1.165, 1.54) is 13.1 Å². The van der Waals surface area contributed by atoms with Crippen LogP contribution in [0.3, 0.4) is 0 Å². The zero-order valence-corrected chi connectivity index (χ0v) is 19.5. The normalized spacial score (nSPS) is 11.5. The topological polar surface area (TPSA) is 65.5 Å². The monoisotopic (exact) mass is 554 g/mol. The zero-order chi connectivity index (χ0) is 21.4. The van der Waals surface area contributed by atoms with Crippen LogP contribution in [0.2, 0.25) is 5.02 Å². The summed E-state index contributed by atoms with van der Waals surface area (Å²) in [5.74, 6) is 0.153. The second-order valence-electron chi connectivity index (χ2n) is 6.33. The number of nitrogens with one attached hydrogen (secondary N) is 3. The highest BCUT2D eigenvalue weighted by molar-refractivity contribution is 14.0. The van der Waals surface area contributed by atoms with Crippen molar-refractivity contribution in [2.75, 3.05) is 18.9 Å². The standard InChI is InChI=1S/C20H22ClF3N4O.HI/c1-13-6-7-17(16(21)10-13)28-18(29)8-9-26-19(25-2)27-12-14-4-3-5-15(11-14)20(22,23)24;/h3-7,10-11H,8-9,12H2,1-2H3,(H,28,29)(H2,25,26,27);1H. The Bertz CT molecular complexity index is 891. The number of amides is 1. The average molecular weight is 555 g/mol. The van der Waals surface area contributed by atoms with E-state index >= 15 is 0 Å². The van der Waals surface area contributed by atoms with Gasteiger partial charge in [-0.3, -0.25) is 9.79 Å². The molecule has 0 aliphatic rings. The van der Waals surface area contributed by atoms with E-state index in [1.54, 1.807) is 18.2 Å². The molecule has 0 fully saturated rings. The zero-order valence-electron chi connectivity index (χ0n) is 16.4. The molecule has 0 saturated carbocycles. The van der Waals surface area contributed by atoms with Crippen LogP contribution in [0.25, 0.3) is 0 Å². The van der Waals surface area contributed by atoms with Gasteiger partial charge in [0.15, 0.2) is 5.96 Å². The second kappa shape index (κ2) is 12.0. The molecule has 10 heteroatoms. The largest absolute Gasteiger partial charge is 0.416 e. The lowest BCUT2D eigenvalue weighted by molar-refractivity contribution is -0.137. The van der Waals surface area contributed by atoms with Gasteiger partial charge in [0.05, 0.1) is 16.3 Å². The summed E-state index contributed by atoms with van der Waals surface area (Å²) < 4.78 is 38.3. The minimum Gasteiger partial charge on any atom is -0.356 e. The Labute approximate surface area is 195 Å². The van der Waals surface area contributed by atoms with E-state index in [-0.39, 0.29) is 49.4 Å². The quantitative estimate of drug-likeness (QED) is 0.268. The van der Waals surface area contributed by atoms with Crippen molar-refractivity contribution in [2.45, 2.75) is 26.1 Å². The molecule has 0 unspecified atom stereocenters. The number of rotatable bonds is 6. The fraction of sp³-hybridized carbons (Fsp3) is 0.300. The van der Waals surface area contributed by atoms with Crippen molar-refractivity contribution in [1.29, 1.82) is 0 Å². The van der Waals surface area contributed by atoms with Crippen LogP contribution < -0.4 is 16.0 Å². The molecule has 1 amide bonds. The van der Waals surface area contributed by atoms with Crippen molar-refractivity contribution in [1.82, 2.24) is 10.6 Å². The van der Waals surface area contributed by atoms with Gasteiger partial charge >= 0.3 is 6.18 Å². The Hall–Kier alpha value is -2.01. The lowest BCUT2D eigenvalue weighted by atomic mass is 10.1. The molecule has 0 bridgehead atoms. The lowest BCUT2D eigenvalue weighted by Crippen LogP contribution is -2.38. The van der Waals surface area contributed by atoms with Gasteiger partial charge in [0.25, 0.3) is 0 Å². The first kappa shape index (κ1) is 26.0. The van der Waals surface area contributed by atoms with Crippen LogP contribution in [-0.4, -0.2) is 25.5 Å². The van der Waals surface area contributed by atoms with E-state index in [0.29, 0.717) is 22.2 Å². The van der Waals surface area contributed by atoms with Gasteiger partial charge in [-0.05, 0) is 42.3 Å². The van der Waals surface area contributed by atoms with Gasteiger partial charge in [0, 0.05) is 26.6 Å². The van der Waals surface area contributed by atoms with E-state index in [2.05, 4.69) is 20.9 Å². The third kappa shape index (κ3) is 8.39. The highest BCUT2D eigenvalue weighted by atomic mass is 127. The summed E-state index contributed by atoms with van der Waals surface area (Å²) in [7, 11) is 1.54. The fourth-order valence-electron chi connectivity index (χ4n) is 2.49. The van der Waals surface area contributed by atoms with Gasteiger partial charge in [-0.1, -0.05) is 29.8 Å². The van der Waals surface area contributed by atoms with Crippen LogP contribution in [0.1, 0.15) is 23.1 Å². The molecule has 0 aliphatic carbocycles. The van der Waals surface area contributed by atoms with E-state index in [0.717, 1.165) is 17.7 Å². The van der Waals surface area contributed by atoms with E-state index in [4.69, 9.17) is 11.6 Å². The van der Waals surface area contributed by atoms with Crippen LogP contribution in [0.4, 0.5) is 18.9 Å². The summed E-state index contributed by atoms with van der Waals surface area (Å²) in [5, 5.41) is 9.06. The molecule has 3 N–H and O–H groups in total. The predicted octanol–water partition coefficient (Wildman–Crippen LogP) is 4.98. The second-order valence-corrected chi connectivity index (χ2v) is 6.74. The molecule has 2 rings (SSSR count). The first-order chi connectivity index (χ1) is 13.7. The number of guanidine groups is 1. The molecule has 0 radical (unpaired) electrons. The van der Waals surface area contributed by atoms with Gasteiger partial charge in [0.2, 0.25) is 5.91 Å². The number of hydrogen-bond donors (Lipinski definition) is 3. The molecule has 0 heterocycles. The molecular weight excluding hydrogens is 532 g/mol. The molecule has 0 atom stereocenters. The van der Waals surface area contributed by atoms with Gasteiger partial charge in [-0.15, -0.1) is 24.0 Å². The average Bonchev–Trinajstić information content (AvgIpc) is 2.66. The number of carbonyl (C=O) groups is 1. The van der Waals surface area contributed by atoms with Gasteiger partial charge in [0.1, 0.15) is 0 Å². The summed E-state index contributed by atoms with van der Waals surface area (Å²) in [6.07, 6.45) is -4.22. The van der Waals surface area contributed by atoms with Gasteiger partial charge in [-0.2, -0.15) is 13.2 Å². The molecular formula is C20H23ClF3IN4O. The maximum absolute atomic E-state index is 12.8. The van der Waals surface area contributed by atoms with Crippen LogP contribution >= 0.6 is 35.6 Å². The summed E-state index contributed by atoms with van der Waals surface area (Å²) in [5.41, 5.74) is 1.29. The number of halogens is 5. The van der Waals surface area contributed by atoms with Crippen LogP contribution in [0.5, 0.6) is 0 Å². The molecule has 30 heavy (non-hydrogen) atoms. The predicted molar refractivity (Wildman–Crippen MR) is 124 cm³/mol. The molecule has 0 aliphatic heterocycles. The highest BCUT2D eigenvalue weighted by Crippen LogP contribution is 2.29. The van der Waals surface area contributed by atoms with Crippen molar-refractivity contribution in [2.24, 2.45) is 4.99 Å². The Balaban J connectivity index is 0.00000450. The lowest BCUT2D eigenvalue weighted by Gasteiger charge is -2.13. The van der Waals surface area contributed by atoms with Crippen molar-refractivity contribution >= 4 is 53.1 Å². The number of aliphatic imine (C=N–C) groups is 1. The van der Waals surface area contributed by atoms with Gasteiger partial charge in [-0.25, -0.2) is 0 Å². The van der Waals surface area contributed by atoms with Crippen LogP contribution in [0.15, 0.2) is 47.5 Å². The summed E-state index contributed by atoms with van der Waals surface area (Å²) in [6, 6.07) is 10.4. The number of alkyl halides is 3. The summed E-state index contributed by atoms with van der Waals surface area (Å²) >= 11 is 6.09. The van der Waals surface area contributed by atoms with Crippen LogP contribution in [-0.2, 0) is 17.5 Å². The fourth-order valence-corrected chi connectivity index (χ4v) is 2.78. The maximum atomic E-state index is 12.8. The molecule has 0 spiro atoms. The first-order valence-electron chi connectivity index (χ1n) is 8.85. The third-order valence-corrected chi connectivity index (χ3v) is 4.29. The molecule has 0 aromatic heterocycles. The first-order valence-corrected chi connectivity index (χ1v) is 9.23. The third-order valence-electron chi connectivity index (χ3n) is 3.98. The molecule has 2 aromatic rings. The van der Waals surface area contributed by atoms with Crippen molar-refractivity contribution < 1.29 is 18.0 Å². The SMILES string of the molecule is CN=C(NCCC(=O)Nc1ccc(C)cc1Cl)NCc1cccc(C(F)(F)F)c1.I. The number of nitrogens with zero attached hydrogens (tertiary/aromatic N) is 1. The number of anilines is 1. The minimum absolute atomic E-state index is 0. The van der Waals surface area contributed by atoms with Crippen molar-refractivity contribution in [3.8, 4) is 0 Å². The number of benzene rings is 2. The minimum atomic E-state index is -4.39. The molecule has 164 valence electrons. The van der Waals surface area contributed by atoms with Crippen LogP contribution in [0, 0.1) is 6.92 Å². The summed E-state index contributed by atoms with van der Waals surface area (Å²) in [4.78, 5) is 16.1. The van der Waals surface area contributed by atoms with E-state index in [9.17, 15) is 18.0 Å². The van der Waals surface area contributed by atoms with E-state index in [1.807, 2.05) is 13.0 Å². The Morgan fingerprint density at radius 3 is 2.50 bits per heavy atom. The van der Waals surface area contributed by atoms with Crippen molar-refractivity contribution in [3.63, 3.8) is 0 Å². The molecule has 5 nitrogen and oxygen atoms in total. The summed E-state index contributed by atoms with van der Waals surface area (Å²) in [6.45, 7) is 2.35. The van der Waals surface area contributed by atoms with Crippen molar-refractivity contribution in [3.05, 3.63) is 64.2 Å². The Morgan fingerprint density at radius 2 is 1.87 bits per heavy atom. The van der Waals surface area contributed by atoms with Gasteiger partial charge < -0.3 is 16.0 Å². The molecule has 2 aromatic carbocycles. The molecule has 0 saturated heterocycles. The highest BCUT2D eigenvalue weighted by Gasteiger charge is 2.30. The Kier molecular flexibility index (Phi) is 10.4. The number of carbonyl (C=O) groups excluding carboxylic acids is 1. The number of hydrogen-bond acceptors (Lipinski definition) is 2. The number of aryl methyl sites for hydroxylation is 1. The maximum Gasteiger partial charge on any atom is 0.416 e. The van der Waals surface area contributed by atoms with E-state index < -0.39 is 11.7 Å². The Morgan fingerprint density at radius 1 is 1.13 bits per heavy atom.